The van der Waals surface area contributed by atoms with Gasteiger partial charge in [-0.3, -0.25) is 4.79 Å². The Morgan fingerprint density at radius 2 is 1.88 bits per heavy atom. The fourth-order valence-corrected chi connectivity index (χ4v) is 4.86. The Labute approximate surface area is 215 Å². The third-order valence-corrected chi connectivity index (χ3v) is 7.14. The molecule has 3 aromatic rings. The minimum absolute atomic E-state index is 0.145. The van der Waals surface area contributed by atoms with E-state index in [9.17, 15) is 4.79 Å². The van der Waals surface area contributed by atoms with E-state index in [-0.39, 0.29) is 5.97 Å². The van der Waals surface area contributed by atoms with E-state index >= 15 is 0 Å². The van der Waals surface area contributed by atoms with Gasteiger partial charge >= 0.3 is 5.97 Å². The topological polar surface area (TPSA) is 68.5 Å². The maximum atomic E-state index is 12.0. The number of hydrogen-bond acceptors (Lipinski definition) is 7. The second-order valence-corrected chi connectivity index (χ2v) is 9.93. The molecule has 2 aromatic heterocycles. The van der Waals surface area contributed by atoms with Gasteiger partial charge in [0.05, 0.1) is 22.3 Å². The normalized spacial score (nSPS) is 11.1. The summed E-state index contributed by atoms with van der Waals surface area (Å²) >= 11 is 14.1. The molecule has 0 bridgehead atoms. The molecule has 1 aromatic carbocycles. The van der Waals surface area contributed by atoms with Crippen LogP contribution in [0.15, 0.2) is 34.2 Å². The highest BCUT2D eigenvalue weighted by Crippen LogP contribution is 2.34. The molecule has 9 heteroatoms. The van der Waals surface area contributed by atoms with Crippen molar-refractivity contribution in [1.29, 1.82) is 0 Å². The molecular formula is C25H31Cl2N3O3S. The summed E-state index contributed by atoms with van der Waals surface area (Å²) in [7, 11) is 1.94. The van der Waals surface area contributed by atoms with Gasteiger partial charge in [0.2, 0.25) is 5.82 Å². The first-order valence-electron chi connectivity index (χ1n) is 11.7. The van der Waals surface area contributed by atoms with E-state index in [0.29, 0.717) is 47.8 Å². The molecule has 6 nitrogen and oxygen atoms in total. The summed E-state index contributed by atoms with van der Waals surface area (Å²) in [5, 5.41) is 7.17. The smallest absolute Gasteiger partial charge is 0.305 e. The standard InChI is InChI=1S/C25H31Cl2N3O3S/c1-3-4-5-6-7-8-15-32-22(31)10-9-14-30(2)21-17-18(11-12-19(21)26)24-28-25(33-29-24)23-20(27)13-16-34-23/h11-13,16-17H,3-10,14-15H2,1-2H3. The minimum atomic E-state index is -0.145. The lowest BCUT2D eigenvalue weighted by atomic mass is 10.1. The van der Waals surface area contributed by atoms with Crippen molar-refractivity contribution >= 4 is 46.2 Å². The van der Waals surface area contributed by atoms with Gasteiger partial charge in [-0.15, -0.1) is 11.3 Å². The number of unbranched alkanes of at least 4 members (excludes halogenated alkanes) is 5. The molecule has 2 heterocycles. The van der Waals surface area contributed by atoms with Gasteiger partial charge in [0.1, 0.15) is 4.88 Å². The van der Waals surface area contributed by atoms with Crippen molar-refractivity contribution < 1.29 is 14.1 Å². The molecule has 0 unspecified atom stereocenters. The number of aromatic nitrogens is 2. The van der Waals surface area contributed by atoms with Gasteiger partial charge in [-0.1, -0.05) is 67.4 Å². The van der Waals surface area contributed by atoms with E-state index in [0.717, 1.165) is 29.0 Å². The Hall–Kier alpha value is -2.09. The third-order valence-electron chi connectivity index (χ3n) is 5.49. The molecule has 0 aliphatic rings. The Balaban J connectivity index is 1.48. The molecule has 0 radical (unpaired) electrons. The molecule has 0 saturated heterocycles. The molecule has 34 heavy (non-hydrogen) atoms. The van der Waals surface area contributed by atoms with Crippen LogP contribution in [0.4, 0.5) is 5.69 Å². The predicted octanol–water partition coefficient (Wildman–Crippen LogP) is 7.89. The Morgan fingerprint density at radius 1 is 1.09 bits per heavy atom. The zero-order valence-electron chi connectivity index (χ0n) is 19.7. The summed E-state index contributed by atoms with van der Waals surface area (Å²) in [4.78, 5) is 19.3. The fourth-order valence-electron chi connectivity index (χ4n) is 3.55. The van der Waals surface area contributed by atoms with Crippen LogP contribution in [0.1, 0.15) is 58.3 Å². The van der Waals surface area contributed by atoms with Gasteiger partial charge in [-0.05, 0) is 42.5 Å². The number of esters is 1. The van der Waals surface area contributed by atoms with Gasteiger partial charge < -0.3 is 14.2 Å². The van der Waals surface area contributed by atoms with Crippen LogP contribution in [0, 0.1) is 0 Å². The summed E-state index contributed by atoms with van der Waals surface area (Å²) in [5.41, 5.74) is 1.62. The SMILES string of the molecule is CCCCCCCCOC(=O)CCCN(C)c1cc(-c2noc(-c3sccc3Cl)n2)ccc1Cl. The highest BCUT2D eigenvalue weighted by atomic mass is 35.5. The van der Waals surface area contributed by atoms with Gasteiger partial charge in [0.15, 0.2) is 0 Å². The molecule has 0 fully saturated rings. The number of benzene rings is 1. The van der Waals surface area contributed by atoms with Crippen LogP contribution in [0.25, 0.3) is 22.2 Å². The van der Waals surface area contributed by atoms with E-state index in [1.165, 1.54) is 37.0 Å². The van der Waals surface area contributed by atoms with Crippen molar-refractivity contribution in [2.24, 2.45) is 0 Å². The van der Waals surface area contributed by atoms with Crippen molar-refractivity contribution in [3.05, 3.63) is 39.7 Å². The van der Waals surface area contributed by atoms with Crippen LogP contribution >= 0.6 is 34.5 Å². The number of rotatable bonds is 14. The van der Waals surface area contributed by atoms with Crippen molar-refractivity contribution in [1.82, 2.24) is 10.1 Å². The van der Waals surface area contributed by atoms with E-state index in [4.69, 9.17) is 32.5 Å². The monoisotopic (exact) mass is 523 g/mol. The number of carbonyl (C=O) groups excluding carboxylic acids is 1. The first-order chi connectivity index (χ1) is 16.5. The summed E-state index contributed by atoms with van der Waals surface area (Å²) in [6, 6.07) is 7.38. The molecule has 0 aliphatic heterocycles. The fraction of sp³-hybridized carbons (Fsp3) is 0.480. The maximum Gasteiger partial charge on any atom is 0.305 e. The van der Waals surface area contributed by atoms with Crippen LogP contribution in [-0.2, 0) is 9.53 Å². The molecule has 0 N–H and O–H groups in total. The quantitative estimate of drug-likeness (QED) is 0.158. The van der Waals surface area contributed by atoms with Crippen molar-refractivity contribution in [3.8, 4) is 22.2 Å². The maximum absolute atomic E-state index is 12.0. The second-order valence-electron chi connectivity index (χ2n) is 8.20. The van der Waals surface area contributed by atoms with Crippen LogP contribution in [0.3, 0.4) is 0 Å². The van der Waals surface area contributed by atoms with Crippen molar-refractivity contribution in [2.45, 2.75) is 58.3 Å². The van der Waals surface area contributed by atoms with E-state index < -0.39 is 0 Å². The molecule has 0 atom stereocenters. The predicted molar refractivity (Wildman–Crippen MR) is 140 cm³/mol. The number of halogens is 2. The average molecular weight is 525 g/mol. The number of carbonyl (C=O) groups is 1. The van der Waals surface area contributed by atoms with Crippen LogP contribution in [-0.4, -0.2) is 36.3 Å². The third kappa shape index (κ3) is 7.72. The summed E-state index contributed by atoms with van der Waals surface area (Å²) in [6.45, 7) is 3.38. The number of thiophene rings is 1. The Kier molecular flexibility index (Phi) is 10.7. The highest BCUT2D eigenvalue weighted by Gasteiger charge is 2.16. The van der Waals surface area contributed by atoms with Gasteiger partial charge in [0, 0.05) is 25.6 Å². The lowest BCUT2D eigenvalue weighted by Crippen LogP contribution is -2.20. The lowest BCUT2D eigenvalue weighted by molar-refractivity contribution is -0.143. The molecule has 0 saturated carbocycles. The number of ether oxygens (including phenoxy) is 1. The molecule has 0 spiro atoms. The molecule has 0 amide bonds. The first-order valence-corrected chi connectivity index (χ1v) is 13.4. The largest absolute Gasteiger partial charge is 0.466 e. The van der Waals surface area contributed by atoms with Crippen LogP contribution in [0.2, 0.25) is 10.0 Å². The van der Waals surface area contributed by atoms with Crippen LogP contribution < -0.4 is 4.90 Å². The van der Waals surface area contributed by atoms with Gasteiger partial charge in [0.25, 0.3) is 5.89 Å². The number of anilines is 1. The average Bonchev–Trinajstić information content (AvgIpc) is 3.47. The van der Waals surface area contributed by atoms with Gasteiger partial charge in [-0.2, -0.15) is 4.98 Å². The zero-order chi connectivity index (χ0) is 24.3. The Morgan fingerprint density at radius 3 is 2.65 bits per heavy atom. The highest BCUT2D eigenvalue weighted by molar-refractivity contribution is 7.14. The summed E-state index contributed by atoms with van der Waals surface area (Å²) in [5.74, 6) is 0.705. The summed E-state index contributed by atoms with van der Waals surface area (Å²) in [6.07, 6.45) is 8.10. The molecular weight excluding hydrogens is 493 g/mol. The molecule has 3 rings (SSSR count). The second kappa shape index (κ2) is 13.7. The Bertz CT molecular complexity index is 1050. The zero-order valence-corrected chi connectivity index (χ0v) is 22.0. The molecule has 0 aliphatic carbocycles. The lowest BCUT2D eigenvalue weighted by Gasteiger charge is -2.21. The first kappa shape index (κ1) is 26.5. The number of nitrogens with zero attached hydrogens (tertiary/aromatic N) is 3. The number of hydrogen-bond donors (Lipinski definition) is 0. The van der Waals surface area contributed by atoms with E-state index in [1.807, 2.05) is 35.5 Å². The van der Waals surface area contributed by atoms with Crippen LogP contribution in [0.5, 0.6) is 0 Å². The minimum Gasteiger partial charge on any atom is -0.466 e. The van der Waals surface area contributed by atoms with E-state index in [1.54, 1.807) is 6.07 Å². The van der Waals surface area contributed by atoms with Gasteiger partial charge in [-0.25, -0.2) is 0 Å². The summed E-state index contributed by atoms with van der Waals surface area (Å²) < 4.78 is 10.8. The van der Waals surface area contributed by atoms with E-state index in [2.05, 4.69) is 17.1 Å². The van der Waals surface area contributed by atoms with Crippen molar-refractivity contribution in [3.63, 3.8) is 0 Å². The van der Waals surface area contributed by atoms with Crippen molar-refractivity contribution in [2.75, 3.05) is 25.1 Å². The molecule has 184 valence electrons.